The van der Waals surface area contributed by atoms with Gasteiger partial charge in [0.15, 0.2) is 5.13 Å². The van der Waals surface area contributed by atoms with Crippen LogP contribution in [0.3, 0.4) is 0 Å². The van der Waals surface area contributed by atoms with Crippen LogP contribution in [0, 0.1) is 16.7 Å². The summed E-state index contributed by atoms with van der Waals surface area (Å²) in [7, 11) is 1.47. The molecule has 3 aliphatic carbocycles. The second-order valence-corrected chi connectivity index (χ2v) is 12.8. The van der Waals surface area contributed by atoms with E-state index in [2.05, 4.69) is 26.6 Å². The first-order valence-corrected chi connectivity index (χ1v) is 14.6. The number of methoxy groups -OCH3 is 1. The van der Waals surface area contributed by atoms with E-state index >= 15 is 0 Å². The molecule has 41 heavy (non-hydrogen) atoms. The van der Waals surface area contributed by atoms with Crippen LogP contribution in [0.5, 0.6) is 11.6 Å². The molecule has 11 nitrogen and oxygen atoms in total. The highest BCUT2D eigenvalue weighted by Gasteiger charge is 2.69. The van der Waals surface area contributed by atoms with E-state index < -0.39 is 5.91 Å². The van der Waals surface area contributed by atoms with E-state index in [0.29, 0.717) is 66.1 Å². The number of morpholine rings is 1. The van der Waals surface area contributed by atoms with Crippen molar-refractivity contribution >= 4 is 44.2 Å². The van der Waals surface area contributed by atoms with Crippen molar-refractivity contribution in [2.75, 3.05) is 30.5 Å². The zero-order valence-corrected chi connectivity index (χ0v) is 23.8. The van der Waals surface area contributed by atoms with E-state index in [0.717, 1.165) is 11.6 Å². The zero-order valence-electron chi connectivity index (χ0n) is 23.0. The molecule has 2 aliphatic heterocycles. The smallest absolute Gasteiger partial charge is 0.261 e. The van der Waals surface area contributed by atoms with Crippen LogP contribution in [0.1, 0.15) is 60.2 Å². The normalized spacial score (nSPS) is 27.2. The lowest BCUT2D eigenvalue weighted by Crippen LogP contribution is -2.74. The van der Waals surface area contributed by atoms with Gasteiger partial charge in [-0.2, -0.15) is 5.26 Å². The summed E-state index contributed by atoms with van der Waals surface area (Å²) in [5.74, 6) is -0.0869. The molecule has 12 heteroatoms. The summed E-state index contributed by atoms with van der Waals surface area (Å²) in [5.41, 5.74) is 0.881. The number of hydrogen-bond acceptors (Lipinski definition) is 10. The molecular weight excluding hydrogens is 544 g/mol. The molecule has 8 rings (SSSR count). The number of aromatic nitrogens is 2. The first-order valence-electron chi connectivity index (χ1n) is 13.8. The van der Waals surface area contributed by atoms with E-state index in [1.54, 1.807) is 6.07 Å². The minimum atomic E-state index is -0.427. The minimum Gasteiger partial charge on any atom is -0.490 e. The summed E-state index contributed by atoms with van der Waals surface area (Å²) in [4.78, 5) is 38.8. The van der Waals surface area contributed by atoms with Gasteiger partial charge in [-0.05, 0) is 51.7 Å². The number of nitriles is 1. The number of nitrogens with zero attached hydrogens (tertiary/aromatic N) is 4. The van der Waals surface area contributed by atoms with Crippen LogP contribution in [0.2, 0.25) is 0 Å². The van der Waals surface area contributed by atoms with Crippen molar-refractivity contribution in [1.29, 1.82) is 5.26 Å². The lowest BCUT2D eigenvalue weighted by Gasteiger charge is -2.66. The van der Waals surface area contributed by atoms with E-state index in [-0.39, 0.29) is 40.1 Å². The van der Waals surface area contributed by atoms with Gasteiger partial charge in [0, 0.05) is 11.6 Å². The number of anilines is 2. The number of carbonyl (C=O) groups excluding carboxylic acids is 2. The van der Waals surface area contributed by atoms with Crippen LogP contribution in [-0.4, -0.2) is 65.8 Å². The molecule has 3 aromatic rings. The van der Waals surface area contributed by atoms with Gasteiger partial charge < -0.3 is 29.7 Å². The Labute approximate surface area is 240 Å². The molecule has 4 bridgehead atoms. The van der Waals surface area contributed by atoms with Crippen molar-refractivity contribution < 1.29 is 23.8 Å². The molecule has 4 heterocycles. The molecule has 1 aromatic carbocycles. The first-order chi connectivity index (χ1) is 19.7. The van der Waals surface area contributed by atoms with Crippen molar-refractivity contribution in [3.63, 3.8) is 0 Å². The Morgan fingerprint density at radius 1 is 1.22 bits per heavy atom. The lowest BCUT2D eigenvalue weighted by atomic mass is 9.40. The number of hydrogen-bond donors (Lipinski definition) is 2. The molecule has 3 saturated carbocycles. The summed E-state index contributed by atoms with van der Waals surface area (Å²) >= 11 is 1.46. The Hall–Kier alpha value is -3.95. The summed E-state index contributed by atoms with van der Waals surface area (Å²) < 4.78 is 17.7. The Morgan fingerprint density at radius 2 is 1.98 bits per heavy atom. The van der Waals surface area contributed by atoms with Gasteiger partial charge in [-0.3, -0.25) is 9.59 Å². The molecule has 2 N–H and O–H groups in total. The number of carbonyl (C=O) groups is 2. The number of thiazole rings is 1. The quantitative estimate of drug-likeness (QED) is 0.410. The van der Waals surface area contributed by atoms with Crippen LogP contribution in [-0.2, 0) is 4.74 Å². The molecule has 5 fully saturated rings. The van der Waals surface area contributed by atoms with Crippen LogP contribution in [0.4, 0.5) is 10.8 Å². The third-order valence-corrected chi connectivity index (χ3v) is 9.60. The molecule has 2 atom stereocenters. The second kappa shape index (κ2) is 9.29. The summed E-state index contributed by atoms with van der Waals surface area (Å²) in [5, 5.41) is 16.2. The van der Waals surface area contributed by atoms with Crippen molar-refractivity contribution in [2.45, 2.75) is 63.3 Å². The van der Waals surface area contributed by atoms with Crippen molar-refractivity contribution in [2.24, 2.45) is 5.41 Å². The predicted octanol–water partition coefficient (Wildman–Crippen LogP) is 3.89. The largest absolute Gasteiger partial charge is 0.490 e. The average Bonchev–Trinajstić information content (AvgIpc) is 3.32. The Bertz CT molecular complexity index is 1600. The molecule has 0 radical (unpaired) electrons. The SMILES string of the molecule is COc1cc(C(=O)NC23CC(C#N)(C2)C3)c(NC(=O)c2c(OC(C)C)ccc3nc(N4C5COCC4C5)sc23)cn1. The summed E-state index contributed by atoms with van der Waals surface area (Å²) in [6.45, 7) is 5.16. The Balaban J connectivity index is 1.21. The van der Waals surface area contributed by atoms with Crippen molar-refractivity contribution in [3.8, 4) is 17.7 Å². The van der Waals surface area contributed by atoms with E-state index in [1.807, 2.05) is 19.9 Å². The van der Waals surface area contributed by atoms with Crippen LogP contribution in [0.15, 0.2) is 24.4 Å². The maximum absolute atomic E-state index is 14.0. The summed E-state index contributed by atoms with van der Waals surface area (Å²) in [6, 6.07) is 8.11. The predicted molar refractivity (Wildman–Crippen MR) is 152 cm³/mol. The first kappa shape index (κ1) is 26.0. The third-order valence-electron chi connectivity index (χ3n) is 8.50. The maximum atomic E-state index is 14.0. The van der Waals surface area contributed by atoms with E-state index in [1.165, 1.54) is 30.7 Å². The molecule has 2 amide bonds. The molecule has 2 unspecified atom stereocenters. The molecular formula is C29H30N6O5S. The number of fused-ring (bicyclic) bond motifs is 3. The van der Waals surface area contributed by atoms with Gasteiger partial charge in [0.25, 0.3) is 11.8 Å². The standard InChI is InChI=1S/C29H30N6O5S/c1-15(2)40-21-5-4-19-24(41-27(33-19)35-16-6-17(35)10-39-9-16)23(21)26(37)32-20-8-31-22(38-3)7-18(20)25(36)34-29-11-28(12-29,13-29)14-30/h4-5,7-8,15-17H,6,9-13H2,1-3H3,(H,32,37)(H,34,36). The van der Waals surface area contributed by atoms with Crippen LogP contribution >= 0.6 is 11.3 Å². The van der Waals surface area contributed by atoms with Gasteiger partial charge in [-0.25, -0.2) is 9.97 Å². The highest BCUT2D eigenvalue weighted by molar-refractivity contribution is 7.22. The zero-order chi connectivity index (χ0) is 28.5. The van der Waals surface area contributed by atoms with E-state index in [4.69, 9.17) is 19.2 Å². The number of amides is 2. The fraction of sp³-hybridized carbons (Fsp3) is 0.483. The minimum absolute atomic E-state index is 0.160. The van der Waals surface area contributed by atoms with Crippen LogP contribution in [0.25, 0.3) is 10.2 Å². The van der Waals surface area contributed by atoms with Crippen molar-refractivity contribution in [1.82, 2.24) is 15.3 Å². The van der Waals surface area contributed by atoms with Gasteiger partial charge in [0.05, 0.1) is 77.7 Å². The van der Waals surface area contributed by atoms with Gasteiger partial charge in [-0.15, -0.1) is 0 Å². The van der Waals surface area contributed by atoms with Gasteiger partial charge in [0.2, 0.25) is 5.88 Å². The third kappa shape index (κ3) is 4.18. The van der Waals surface area contributed by atoms with E-state index in [9.17, 15) is 14.9 Å². The average molecular weight is 575 g/mol. The molecule has 5 aliphatic rings. The number of benzene rings is 1. The van der Waals surface area contributed by atoms with Crippen molar-refractivity contribution in [3.05, 3.63) is 35.5 Å². The molecule has 212 valence electrons. The number of ether oxygens (including phenoxy) is 3. The highest BCUT2D eigenvalue weighted by atomic mass is 32.1. The fourth-order valence-electron chi connectivity index (χ4n) is 6.66. The van der Waals surface area contributed by atoms with Gasteiger partial charge in [-0.1, -0.05) is 11.3 Å². The number of nitrogens with one attached hydrogen (secondary N) is 2. The molecule has 2 aromatic heterocycles. The van der Waals surface area contributed by atoms with Gasteiger partial charge in [0.1, 0.15) is 11.3 Å². The fourth-order valence-corrected chi connectivity index (χ4v) is 7.90. The summed E-state index contributed by atoms with van der Waals surface area (Å²) in [6.07, 6.45) is 4.27. The topological polar surface area (TPSA) is 139 Å². The number of rotatable bonds is 8. The molecule has 2 saturated heterocycles. The lowest BCUT2D eigenvalue weighted by molar-refractivity contribution is -0.102. The maximum Gasteiger partial charge on any atom is 0.261 e. The Kier molecular flexibility index (Phi) is 5.89. The number of pyridine rings is 1. The van der Waals surface area contributed by atoms with Crippen LogP contribution < -0.4 is 25.0 Å². The monoisotopic (exact) mass is 574 g/mol. The Morgan fingerprint density at radius 3 is 2.63 bits per heavy atom. The second-order valence-electron chi connectivity index (χ2n) is 11.8. The van der Waals surface area contributed by atoms with Gasteiger partial charge >= 0.3 is 0 Å². The molecule has 0 spiro atoms. The highest BCUT2D eigenvalue weighted by Crippen LogP contribution is 2.66.